The molecule has 0 saturated carbocycles. The van der Waals surface area contributed by atoms with Crippen molar-refractivity contribution < 1.29 is 14.3 Å². The molecule has 0 aliphatic rings. The second kappa shape index (κ2) is 5.22. The predicted molar refractivity (Wildman–Crippen MR) is 58.2 cm³/mol. The fraction of sp³-hybridized carbons (Fsp3) is 0.0909. The SMILES string of the molecule is ONc1nc(OCc2ccccc2)ncc1F. The van der Waals surface area contributed by atoms with Gasteiger partial charge in [-0.15, -0.1) is 0 Å². The minimum Gasteiger partial charge on any atom is -0.459 e. The van der Waals surface area contributed by atoms with Crippen molar-refractivity contribution in [3.8, 4) is 6.01 Å². The highest BCUT2D eigenvalue weighted by Crippen LogP contribution is 2.13. The summed E-state index contributed by atoms with van der Waals surface area (Å²) in [6, 6.07) is 9.41. The van der Waals surface area contributed by atoms with Gasteiger partial charge in [0.15, 0.2) is 11.6 Å². The summed E-state index contributed by atoms with van der Waals surface area (Å²) in [6.07, 6.45) is 0.922. The van der Waals surface area contributed by atoms with E-state index in [1.807, 2.05) is 30.3 Å². The highest BCUT2D eigenvalue weighted by molar-refractivity contribution is 5.32. The lowest BCUT2D eigenvalue weighted by Crippen LogP contribution is -2.03. The van der Waals surface area contributed by atoms with E-state index in [2.05, 4.69) is 9.97 Å². The Bertz CT molecular complexity index is 493. The summed E-state index contributed by atoms with van der Waals surface area (Å²) in [6.45, 7) is 0.275. The fourth-order valence-electron chi connectivity index (χ4n) is 1.22. The summed E-state index contributed by atoms with van der Waals surface area (Å²) >= 11 is 0. The van der Waals surface area contributed by atoms with Gasteiger partial charge in [0.2, 0.25) is 0 Å². The van der Waals surface area contributed by atoms with E-state index in [1.54, 1.807) is 5.48 Å². The molecule has 0 aliphatic carbocycles. The number of anilines is 1. The minimum atomic E-state index is -0.750. The van der Waals surface area contributed by atoms with Crippen LogP contribution in [0.3, 0.4) is 0 Å². The van der Waals surface area contributed by atoms with E-state index in [-0.39, 0.29) is 18.4 Å². The van der Waals surface area contributed by atoms with Gasteiger partial charge in [0, 0.05) is 0 Å². The number of rotatable bonds is 4. The molecule has 6 heteroatoms. The lowest BCUT2D eigenvalue weighted by molar-refractivity contribution is 0.278. The maximum atomic E-state index is 12.9. The van der Waals surface area contributed by atoms with Crippen molar-refractivity contribution in [1.82, 2.24) is 9.97 Å². The van der Waals surface area contributed by atoms with Crippen LogP contribution in [-0.4, -0.2) is 15.2 Å². The number of hydrogen-bond acceptors (Lipinski definition) is 5. The van der Waals surface area contributed by atoms with Crippen molar-refractivity contribution in [2.75, 3.05) is 5.48 Å². The van der Waals surface area contributed by atoms with Gasteiger partial charge < -0.3 is 4.74 Å². The van der Waals surface area contributed by atoms with Gasteiger partial charge in [-0.3, -0.25) is 5.21 Å². The van der Waals surface area contributed by atoms with Gasteiger partial charge in [-0.1, -0.05) is 30.3 Å². The minimum absolute atomic E-state index is 0.00759. The van der Waals surface area contributed by atoms with E-state index in [1.165, 1.54) is 0 Å². The summed E-state index contributed by atoms with van der Waals surface area (Å²) in [7, 11) is 0. The van der Waals surface area contributed by atoms with Crippen LogP contribution in [-0.2, 0) is 6.61 Å². The zero-order chi connectivity index (χ0) is 12.1. The molecule has 88 valence electrons. The number of benzene rings is 1. The molecule has 0 atom stereocenters. The number of hydrogen-bond donors (Lipinski definition) is 2. The van der Waals surface area contributed by atoms with Crippen molar-refractivity contribution in [2.24, 2.45) is 0 Å². The molecule has 1 aromatic heterocycles. The van der Waals surface area contributed by atoms with Crippen LogP contribution in [0, 0.1) is 5.82 Å². The third-order valence-electron chi connectivity index (χ3n) is 2.04. The summed E-state index contributed by atoms with van der Waals surface area (Å²) in [5.74, 6) is -1.07. The standard InChI is InChI=1S/C11H10FN3O2/c12-9-6-13-11(14-10(9)15-16)17-7-8-4-2-1-3-5-8/h1-6,16H,7H2,(H,13,14,15). The van der Waals surface area contributed by atoms with Gasteiger partial charge in [-0.05, 0) is 5.56 Å². The van der Waals surface area contributed by atoms with Gasteiger partial charge in [-0.2, -0.15) is 4.98 Å². The van der Waals surface area contributed by atoms with Crippen LogP contribution in [0.4, 0.5) is 10.2 Å². The quantitative estimate of drug-likeness (QED) is 0.793. The monoisotopic (exact) mass is 235 g/mol. The Morgan fingerprint density at radius 3 is 2.76 bits per heavy atom. The Labute approximate surface area is 96.9 Å². The Balaban J connectivity index is 2.04. The molecule has 0 spiro atoms. The molecule has 0 amide bonds. The number of halogens is 1. The van der Waals surface area contributed by atoms with Gasteiger partial charge in [0.1, 0.15) is 6.61 Å². The summed E-state index contributed by atoms with van der Waals surface area (Å²) < 4.78 is 18.2. The van der Waals surface area contributed by atoms with E-state index >= 15 is 0 Å². The van der Waals surface area contributed by atoms with Crippen LogP contribution in [0.25, 0.3) is 0 Å². The van der Waals surface area contributed by atoms with Crippen molar-refractivity contribution in [2.45, 2.75) is 6.61 Å². The van der Waals surface area contributed by atoms with E-state index in [9.17, 15) is 4.39 Å². The lowest BCUT2D eigenvalue weighted by Gasteiger charge is -2.05. The van der Waals surface area contributed by atoms with Crippen LogP contribution in [0.1, 0.15) is 5.56 Å². The number of nitrogens with zero attached hydrogens (tertiary/aromatic N) is 2. The molecule has 2 rings (SSSR count). The zero-order valence-electron chi connectivity index (χ0n) is 8.80. The molecule has 1 heterocycles. The van der Waals surface area contributed by atoms with Gasteiger partial charge in [-0.25, -0.2) is 14.9 Å². The first-order valence-electron chi connectivity index (χ1n) is 4.89. The van der Waals surface area contributed by atoms with Gasteiger partial charge in [0.05, 0.1) is 6.20 Å². The van der Waals surface area contributed by atoms with Crippen molar-refractivity contribution in [3.63, 3.8) is 0 Å². The predicted octanol–water partition coefficient (Wildman–Crippen LogP) is 2.00. The molecule has 5 nitrogen and oxygen atoms in total. The first-order valence-corrected chi connectivity index (χ1v) is 4.89. The molecule has 17 heavy (non-hydrogen) atoms. The van der Waals surface area contributed by atoms with E-state index < -0.39 is 5.82 Å². The van der Waals surface area contributed by atoms with E-state index in [0.29, 0.717) is 0 Å². The molecular weight excluding hydrogens is 225 g/mol. The molecule has 0 fully saturated rings. The van der Waals surface area contributed by atoms with E-state index in [0.717, 1.165) is 11.8 Å². The molecule has 0 unspecified atom stereocenters. The first-order chi connectivity index (χ1) is 8.29. The van der Waals surface area contributed by atoms with Crippen molar-refractivity contribution >= 4 is 5.82 Å². The Kier molecular flexibility index (Phi) is 3.46. The van der Waals surface area contributed by atoms with Crippen LogP contribution in [0.5, 0.6) is 6.01 Å². The highest BCUT2D eigenvalue weighted by atomic mass is 19.1. The third-order valence-corrected chi connectivity index (χ3v) is 2.04. The molecule has 0 radical (unpaired) electrons. The Hall–Kier alpha value is -2.21. The van der Waals surface area contributed by atoms with Crippen LogP contribution < -0.4 is 10.2 Å². The fourth-order valence-corrected chi connectivity index (χ4v) is 1.22. The van der Waals surface area contributed by atoms with Crippen molar-refractivity contribution in [3.05, 3.63) is 47.9 Å². The summed E-state index contributed by atoms with van der Waals surface area (Å²) in [5, 5.41) is 8.59. The number of aromatic nitrogens is 2. The van der Waals surface area contributed by atoms with Crippen molar-refractivity contribution in [1.29, 1.82) is 0 Å². The van der Waals surface area contributed by atoms with Gasteiger partial charge in [0.25, 0.3) is 0 Å². The Morgan fingerprint density at radius 1 is 1.29 bits per heavy atom. The normalized spacial score (nSPS) is 10.0. The summed E-state index contributed by atoms with van der Waals surface area (Å²) in [5.41, 5.74) is 2.57. The number of nitrogens with one attached hydrogen (secondary N) is 1. The first kappa shape index (κ1) is 11.3. The maximum Gasteiger partial charge on any atom is 0.318 e. The smallest absolute Gasteiger partial charge is 0.318 e. The van der Waals surface area contributed by atoms with E-state index in [4.69, 9.17) is 9.94 Å². The lowest BCUT2D eigenvalue weighted by atomic mass is 10.2. The molecule has 0 saturated heterocycles. The zero-order valence-corrected chi connectivity index (χ0v) is 8.80. The third kappa shape index (κ3) is 2.88. The summed E-state index contributed by atoms with van der Waals surface area (Å²) in [4.78, 5) is 7.28. The molecular formula is C11H10FN3O2. The maximum absolute atomic E-state index is 12.9. The highest BCUT2D eigenvalue weighted by Gasteiger charge is 2.06. The second-order valence-corrected chi connectivity index (χ2v) is 3.24. The number of ether oxygens (including phenoxy) is 1. The average Bonchev–Trinajstić information content (AvgIpc) is 2.39. The van der Waals surface area contributed by atoms with Crippen LogP contribution >= 0.6 is 0 Å². The van der Waals surface area contributed by atoms with Crippen LogP contribution in [0.2, 0.25) is 0 Å². The molecule has 2 aromatic rings. The molecule has 2 N–H and O–H groups in total. The molecule has 0 aliphatic heterocycles. The largest absolute Gasteiger partial charge is 0.459 e. The second-order valence-electron chi connectivity index (χ2n) is 3.24. The Morgan fingerprint density at radius 2 is 2.06 bits per heavy atom. The molecule has 0 bridgehead atoms. The topological polar surface area (TPSA) is 67.3 Å². The molecule has 1 aromatic carbocycles. The average molecular weight is 235 g/mol. The van der Waals surface area contributed by atoms with Gasteiger partial charge >= 0.3 is 6.01 Å². The van der Waals surface area contributed by atoms with Crippen LogP contribution in [0.15, 0.2) is 36.5 Å².